The van der Waals surface area contributed by atoms with E-state index in [0.29, 0.717) is 0 Å². The summed E-state index contributed by atoms with van der Waals surface area (Å²) in [5.41, 5.74) is -4.14. The van der Waals surface area contributed by atoms with Gasteiger partial charge in [0, 0.05) is 21.4 Å². The Morgan fingerprint density at radius 2 is 1.00 bits per heavy atom. The van der Waals surface area contributed by atoms with E-state index in [1.54, 1.807) is 5.32 Å². The number of carbonyl (C=O) groups is 2. The summed E-state index contributed by atoms with van der Waals surface area (Å²) in [5, 5.41) is 4.01. The van der Waals surface area contributed by atoms with Crippen LogP contribution in [-0.2, 0) is 21.9 Å². The highest BCUT2D eigenvalue weighted by Gasteiger charge is 2.37. The van der Waals surface area contributed by atoms with E-state index in [9.17, 15) is 35.9 Å². The number of nitrogens with one attached hydrogen (secondary N) is 2. The molecule has 2 rings (SSSR count). The first-order chi connectivity index (χ1) is 12.8. The average Bonchev–Trinajstić information content (AvgIpc) is 2.51. The van der Waals surface area contributed by atoms with Crippen LogP contribution in [0.25, 0.3) is 0 Å². The number of carbonyl (C=O) groups excluding carboxylic acids is 2. The smallest absolute Gasteiger partial charge is 0.318 e. The van der Waals surface area contributed by atoms with Crippen molar-refractivity contribution in [3.8, 4) is 0 Å². The van der Waals surface area contributed by atoms with Gasteiger partial charge in [0.1, 0.15) is 0 Å². The van der Waals surface area contributed by atoms with Crippen LogP contribution in [0.2, 0.25) is 10.0 Å². The summed E-state index contributed by atoms with van der Waals surface area (Å²) in [5.74, 6) is -2.85. The minimum absolute atomic E-state index is 0.00215. The summed E-state index contributed by atoms with van der Waals surface area (Å²) in [6.45, 7) is 0. The number of amides is 2. The van der Waals surface area contributed by atoms with Crippen molar-refractivity contribution in [1.82, 2.24) is 0 Å². The molecule has 0 unspecified atom stereocenters. The van der Waals surface area contributed by atoms with Gasteiger partial charge in [0.05, 0.1) is 11.1 Å². The molecule has 0 aliphatic carbocycles. The molecule has 0 heterocycles. The van der Waals surface area contributed by atoms with Gasteiger partial charge < -0.3 is 10.6 Å². The molecule has 2 N–H and O–H groups in total. The molecule has 0 aliphatic heterocycles. The number of rotatable bonds is 2. The topological polar surface area (TPSA) is 58.2 Å². The van der Waals surface area contributed by atoms with Crippen LogP contribution < -0.4 is 10.6 Å². The number of halogens is 8. The van der Waals surface area contributed by atoms with E-state index in [1.807, 2.05) is 0 Å². The van der Waals surface area contributed by atoms with Crippen LogP contribution in [0.3, 0.4) is 0 Å². The second-order valence-electron chi connectivity index (χ2n) is 5.36. The first kappa shape index (κ1) is 21.8. The Bertz CT molecular complexity index is 876. The predicted octanol–water partition coefficient (Wildman–Crippen LogP) is 5.61. The summed E-state index contributed by atoms with van der Waals surface area (Å²) in [6, 6.07) is 4.23. The summed E-state index contributed by atoms with van der Waals surface area (Å²) in [7, 11) is 0. The number of benzene rings is 2. The summed E-state index contributed by atoms with van der Waals surface area (Å²) >= 11 is 11.4. The number of anilines is 2. The minimum atomic E-state index is -5.10. The molecule has 12 heteroatoms. The van der Waals surface area contributed by atoms with Crippen LogP contribution in [0.1, 0.15) is 11.1 Å². The Hall–Kier alpha value is -2.46. The molecule has 4 nitrogen and oxygen atoms in total. The van der Waals surface area contributed by atoms with Crippen LogP contribution in [0.15, 0.2) is 36.4 Å². The standard InChI is InChI=1S/C16H8Cl2F6N2O2/c17-9-4-10(18)6-12(5-9)26-14(28)13(27)25-11-2-7(15(19,20)21)1-8(3-11)16(22,23)24/h1-6H,(H,25,27)(H,26,28). The van der Waals surface area contributed by atoms with Crippen LogP contribution in [-0.4, -0.2) is 11.8 Å². The molecule has 0 aromatic heterocycles. The lowest BCUT2D eigenvalue weighted by Gasteiger charge is -2.14. The zero-order valence-electron chi connectivity index (χ0n) is 13.3. The molecule has 2 aromatic rings. The van der Waals surface area contributed by atoms with Gasteiger partial charge in [-0.1, -0.05) is 23.2 Å². The minimum Gasteiger partial charge on any atom is -0.318 e. The van der Waals surface area contributed by atoms with Gasteiger partial charge in [-0.3, -0.25) is 9.59 Å². The van der Waals surface area contributed by atoms with E-state index in [1.165, 1.54) is 18.2 Å². The maximum atomic E-state index is 12.8. The van der Waals surface area contributed by atoms with Crippen LogP contribution in [0, 0.1) is 0 Å². The third-order valence-electron chi connectivity index (χ3n) is 3.17. The molecule has 0 spiro atoms. The molecule has 2 amide bonds. The largest absolute Gasteiger partial charge is 0.416 e. The molecular weight excluding hydrogens is 437 g/mol. The third kappa shape index (κ3) is 5.77. The Labute approximate surface area is 163 Å². The Kier molecular flexibility index (Phi) is 6.15. The highest BCUT2D eigenvalue weighted by molar-refractivity contribution is 6.44. The van der Waals surface area contributed by atoms with Crippen molar-refractivity contribution in [2.75, 3.05) is 10.6 Å². The van der Waals surface area contributed by atoms with Gasteiger partial charge in [0.15, 0.2) is 0 Å². The molecule has 0 radical (unpaired) electrons. The quantitative estimate of drug-likeness (QED) is 0.467. The lowest BCUT2D eigenvalue weighted by atomic mass is 10.1. The molecule has 0 fully saturated rings. The molecule has 2 aromatic carbocycles. The number of alkyl halides is 6. The number of hydrogen-bond donors (Lipinski definition) is 2. The van der Waals surface area contributed by atoms with E-state index in [2.05, 4.69) is 5.32 Å². The molecule has 0 aliphatic rings. The monoisotopic (exact) mass is 444 g/mol. The fourth-order valence-electron chi connectivity index (χ4n) is 2.03. The second kappa shape index (κ2) is 7.88. The zero-order valence-corrected chi connectivity index (χ0v) is 14.8. The lowest BCUT2D eigenvalue weighted by Crippen LogP contribution is -2.29. The van der Waals surface area contributed by atoms with Gasteiger partial charge in [0.2, 0.25) is 0 Å². The van der Waals surface area contributed by atoms with Gasteiger partial charge in [-0.15, -0.1) is 0 Å². The zero-order chi connectivity index (χ0) is 21.3. The first-order valence-corrected chi connectivity index (χ1v) is 7.89. The Morgan fingerprint density at radius 1 is 0.643 bits per heavy atom. The van der Waals surface area contributed by atoms with E-state index >= 15 is 0 Å². The van der Waals surface area contributed by atoms with Crippen molar-refractivity contribution in [3.63, 3.8) is 0 Å². The summed E-state index contributed by atoms with van der Waals surface area (Å²) < 4.78 is 76.9. The molecule has 28 heavy (non-hydrogen) atoms. The van der Waals surface area contributed by atoms with Gasteiger partial charge in [-0.2, -0.15) is 26.3 Å². The molecule has 0 saturated heterocycles. The van der Waals surface area contributed by atoms with Crippen molar-refractivity contribution >= 4 is 46.4 Å². The van der Waals surface area contributed by atoms with Crippen molar-refractivity contribution in [2.24, 2.45) is 0 Å². The van der Waals surface area contributed by atoms with E-state index < -0.39 is 41.0 Å². The lowest BCUT2D eigenvalue weighted by molar-refractivity contribution is -0.143. The highest BCUT2D eigenvalue weighted by atomic mass is 35.5. The van der Waals surface area contributed by atoms with Gasteiger partial charge >= 0.3 is 24.2 Å². The third-order valence-corrected chi connectivity index (χ3v) is 3.61. The van der Waals surface area contributed by atoms with Crippen molar-refractivity contribution in [2.45, 2.75) is 12.4 Å². The fraction of sp³-hybridized carbons (Fsp3) is 0.125. The Balaban J connectivity index is 2.25. The molecule has 0 saturated carbocycles. The summed E-state index contributed by atoms with van der Waals surface area (Å²) in [6.07, 6.45) is -10.2. The van der Waals surface area contributed by atoms with Gasteiger partial charge in [-0.25, -0.2) is 0 Å². The van der Waals surface area contributed by atoms with Gasteiger partial charge in [0.25, 0.3) is 0 Å². The average molecular weight is 445 g/mol. The highest BCUT2D eigenvalue weighted by Crippen LogP contribution is 2.37. The van der Waals surface area contributed by atoms with Crippen molar-refractivity contribution < 1.29 is 35.9 Å². The molecule has 150 valence electrons. The van der Waals surface area contributed by atoms with Crippen molar-refractivity contribution in [3.05, 3.63) is 57.6 Å². The fourth-order valence-corrected chi connectivity index (χ4v) is 2.55. The summed E-state index contributed by atoms with van der Waals surface area (Å²) in [4.78, 5) is 23.7. The van der Waals surface area contributed by atoms with Crippen molar-refractivity contribution in [1.29, 1.82) is 0 Å². The van der Waals surface area contributed by atoms with E-state index in [-0.39, 0.29) is 33.9 Å². The maximum Gasteiger partial charge on any atom is 0.416 e. The second-order valence-corrected chi connectivity index (χ2v) is 6.23. The van der Waals surface area contributed by atoms with E-state index in [4.69, 9.17) is 23.2 Å². The van der Waals surface area contributed by atoms with Crippen LogP contribution in [0.5, 0.6) is 0 Å². The molecule has 0 atom stereocenters. The Morgan fingerprint density at radius 3 is 1.36 bits per heavy atom. The maximum absolute atomic E-state index is 12.8. The van der Waals surface area contributed by atoms with Crippen LogP contribution >= 0.6 is 23.2 Å². The molecule has 0 bridgehead atoms. The first-order valence-electron chi connectivity index (χ1n) is 7.13. The SMILES string of the molecule is O=C(Nc1cc(Cl)cc(Cl)c1)C(=O)Nc1cc(C(F)(F)F)cc(C(F)(F)F)c1. The molecular formula is C16H8Cl2F6N2O2. The van der Waals surface area contributed by atoms with E-state index in [0.717, 1.165) is 0 Å². The van der Waals surface area contributed by atoms with Gasteiger partial charge in [-0.05, 0) is 36.4 Å². The normalized spacial score (nSPS) is 11.9. The predicted molar refractivity (Wildman–Crippen MR) is 90.2 cm³/mol. The number of hydrogen-bond acceptors (Lipinski definition) is 2. The van der Waals surface area contributed by atoms with Crippen LogP contribution in [0.4, 0.5) is 37.7 Å².